The summed E-state index contributed by atoms with van der Waals surface area (Å²) in [6.45, 7) is 5.86. The fourth-order valence-electron chi connectivity index (χ4n) is 2.62. The smallest absolute Gasteiger partial charge is 0.246 e. The molecule has 0 unspecified atom stereocenters. The molecule has 1 aliphatic rings. The van der Waals surface area contributed by atoms with E-state index < -0.39 is 0 Å². The van der Waals surface area contributed by atoms with Gasteiger partial charge in [-0.25, -0.2) is 0 Å². The number of aryl methyl sites for hydroxylation is 2. The number of carbonyl (C=O) groups excluding carboxylic acids is 1. The zero-order valence-corrected chi connectivity index (χ0v) is 12.3. The second-order valence-corrected chi connectivity index (χ2v) is 5.64. The monoisotopic (exact) mass is 273 g/mol. The van der Waals surface area contributed by atoms with Crippen LogP contribution in [0, 0.1) is 19.8 Å². The molecular weight excluding hydrogens is 250 g/mol. The molecule has 1 aliphatic heterocycles. The summed E-state index contributed by atoms with van der Waals surface area (Å²) in [7, 11) is 0. The van der Waals surface area contributed by atoms with Crippen molar-refractivity contribution in [1.82, 2.24) is 4.90 Å². The second kappa shape index (κ2) is 6.71. The fourth-order valence-corrected chi connectivity index (χ4v) is 2.62. The third kappa shape index (κ3) is 3.70. The van der Waals surface area contributed by atoms with Crippen LogP contribution in [0.2, 0.25) is 0 Å². The van der Waals surface area contributed by atoms with Gasteiger partial charge in [-0.15, -0.1) is 0 Å². The lowest BCUT2D eigenvalue weighted by atomic mass is 9.98. The van der Waals surface area contributed by atoms with E-state index in [1.807, 2.05) is 17.0 Å². The van der Waals surface area contributed by atoms with E-state index in [9.17, 15) is 4.79 Å². The molecule has 1 saturated heterocycles. The first-order valence-electron chi connectivity index (χ1n) is 7.25. The molecule has 20 heavy (non-hydrogen) atoms. The fraction of sp³-hybridized carbons (Fsp3) is 0.471. The molecule has 1 N–H and O–H groups in total. The first-order chi connectivity index (χ1) is 9.60. The minimum absolute atomic E-state index is 0.0707. The highest BCUT2D eigenvalue weighted by Crippen LogP contribution is 2.17. The van der Waals surface area contributed by atoms with Crippen molar-refractivity contribution < 1.29 is 9.90 Å². The maximum atomic E-state index is 12.1. The molecule has 3 nitrogen and oxygen atoms in total. The number of piperidine rings is 1. The van der Waals surface area contributed by atoms with Crippen molar-refractivity contribution in [2.75, 3.05) is 19.7 Å². The average molecular weight is 273 g/mol. The minimum atomic E-state index is 0.0707. The Morgan fingerprint density at radius 2 is 2.05 bits per heavy atom. The first-order valence-corrected chi connectivity index (χ1v) is 7.25. The number of amides is 1. The van der Waals surface area contributed by atoms with E-state index >= 15 is 0 Å². The Bertz CT molecular complexity index is 500. The van der Waals surface area contributed by atoms with Crippen LogP contribution < -0.4 is 0 Å². The van der Waals surface area contributed by atoms with Crippen molar-refractivity contribution >= 4 is 12.0 Å². The first kappa shape index (κ1) is 14.8. The summed E-state index contributed by atoms with van der Waals surface area (Å²) in [6, 6.07) is 6.23. The van der Waals surface area contributed by atoms with Crippen molar-refractivity contribution in [2.24, 2.45) is 5.92 Å². The van der Waals surface area contributed by atoms with Gasteiger partial charge in [0, 0.05) is 25.8 Å². The third-order valence-corrected chi connectivity index (χ3v) is 4.02. The zero-order valence-electron chi connectivity index (χ0n) is 12.3. The number of aliphatic hydroxyl groups excluding tert-OH is 1. The SMILES string of the molecule is Cc1ccc(/C=C/C(=O)N2CCC(CO)CC2)c(C)c1. The maximum Gasteiger partial charge on any atom is 0.246 e. The number of rotatable bonds is 3. The van der Waals surface area contributed by atoms with Gasteiger partial charge in [0.2, 0.25) is 5.91 Å². The summed E-state index contributed by atoms with van der Waals surface area (Å²) in [4.78, 5) is 14.0. The topological polar surface area (TPSA) is 40.5 Å². The van der Waals surface area contributed by atoms with Crippen LogP contribution in [0.25, 0.3) is 6.08 Å². The van der Waals surface area contributed by atoms with E-state index in [1.54, 1.807) is 6.08 Å². The molecular formula is C17H23NO2. The van der Waals surface area contributed by atoms with Crippen molar-refractivity contribution in [1.29, 1.82) is 0 Å². The summed E-state index contributed by atoms with van der Waals surface area (Å²) in [5.74, 6) is 0.434. The number of aliphatic hydroxyl groups is 1. The summed E-state index contributed by atoms with van der Waals surface area (Å²) in [5, 5.41) is 9.10. The number of nitrogens with zero attached hydrogens (tertiary/aromatic N) is 1. The Balaban J connectivity index is 1.96. The Labute approximate surface area is 120 Å². The molecule has 0 spiro atoms. The molecule has 1 aromatic rings. The normalized spacial score (nSPS) is 16.9. The number of benzene rings is 1. The Kier molecular flexibility index (Phi) is 4.96. The van der Waals surface area contributed by atoms with Crippen LogP contribution in [-0.2, 0) is 4.79 Å². The van der Waals surface area contributed by atoms with Crippen LogP contribution in [0.3, 0.4) is 0 Å². The molecule has 1 aromatic carbocycles. The van der Waals surface area contributed by atoms with Gasteiger partial charge in [0.25, 0.3) is 0 Å². The summed E-state index contributed by atoms with van der Waals surface area (Å²) in [5.41, 5.74) is 3.51. The Morgan fingerprint density at radius 3 is 2.65 bits per heavy atom. The van der Waals surface area contributed by atoms with E-state index in [2.05, 4.69) is 26.0 Å². The zero-order chi connectivity index (χ0) is 14.5. The Hall–Kier alpha value is -1.61. The lowest BCUT2D eigenvalue weighted by molar-refractivity contribution is -0.127. The summed E-state index contributed by atoms with van der Waals surface area (Å²) >= 11 is 0. The van der Waals surface area contributed by atoms with Crippen molar-refractivity contribution in [3.8, 4) is 0 Å². The summed E-state index contributed by atoms with van der Waals surface area (Å²) < 4.78 is 0. The number of hydrogen-bond acceptors (Lipinski definition) is 2. The van der Waals surface area contributed by atoms with E-state index in [0.717, 1.165) is 31.5 Å². The molecule has 0 atom stereocenters. The lowest BCUT2D eigenvalue weighted by Crippen LogP contribution is -2.38. The molecule has 0 bridgehead atoms. The van der Waals surface area contributed by atoms with Crippen molar-refractivity contribution in [3.63, 3.8) is 0 Å². The van der Waals surface area contributed by atoms with E-state index in [1.165, 1.54) is 11.1 Å². The summed E-state index contributed by atoms with van der Waals surface area (Å²) in [6.07, 6.45) is 5.37. The molecule has 1 fully saturated rings. The van der Waals surface area contributed by atoms with Gasteiger partial charge < -0.3 is 10.0 Å². The van der Waals surface area contributed by atoms with Gasteiger partial charge >= 0.3 is 0 Å². The predicted molar refractivity (Wildman–Crippen MR) is 81.3 cm³/mol. The molecule has 1 amide bonds. The van der Waals surface area contributed by atoms with Gasteiger partial charge in [-0.2, -0.15) is 0 Å². The van der Waals surface area contributed by atoms with Gasteiger partial charge in [0.1, 0.15) is 0 Å². The highest BCUT2D eigenvalue weighted by atomic mass is 16.3. The van der Waals surface area contributed by atoms with Crippen LogP contribution in [0.4, 0.5) is 0 Å². The molecule has 108 valence electrons. The van der Waals surface area contributed by atoms with Crippen molar-refractivity contribution in [3.05, 3.63) is 41.0 Å². The molecule has 0 saturated carbocycles. The third-order valence-electron chi connectivity index (χ3n) is 4.02. The Morgan fingerprint density at radius 1 is 1.35 bits per heavy atom. The molecule has 2 rings (SSSR count). The van der Waals surface area contributed by atoms with E-state index in [4.69, 9.17) is 5.11 Å². The van der Waals surface area contributed by atoms with E-state index in [-0.39, 0.29) is 12.5 Å². The van der Waals surface area contributed by atoms with Crippen LogP contribution in [0.1, 0.15) is 29.5 Å². The van der Waals surface area contributed by atoms with Gasteiger partial charge in [0.15, 0.2) is 0 Å². The van der Waals surface area contributed by atoms with Crippen LogP contribution in [-0.4, -0.2) is 35.6 Å². The minimum Gasteiger partial charge on any atom is -0.396 e. The van der Waals surface area contributed by atoms with Crippen molar-refractivity contribution in [2.45, 2.75) is 26.7 Å². The average Bonchev–Trinajstić information content (AvgIpc) is 2.46. The number of carbonyl (C=O) groups is 1. The van der Waals surface area contributed by atoms with Gasteiger partial charge in [-0.3, -0.25) is 4.79 Å². The highest BCUT2D eigenvalue weighted by Gasteiger charge is 2.20. The van der Waals surface area contributed by atoms with Gasteiger partial charge in [-0.05, 0) is 49.8 Å². The molecule has 0 radical (unpaired) electrons. The van der Waals surface area contributed by atoms with Crippen LogP contribution >= 0.6 is 0 Å². The largest absolute Gasteiger partial charge is 0.396 e. The van der Waals surface area contributed by atoms with E-state index in [0.29, 0.717) is 5.92 Å². The molecule has 0 aromatic heterocycles. The van der Waals surface area contributed by atoms with Gasteiger partial charge in [0.05, 0.1) is 0 Å². The maximum absolute atomic E-state index is 12.1. The predicted octanol–water partition coefficient (Wildman–Crippen LogP) is 2.55. The van der Waals surface area contributed by atoms with Crippen LogP contribution in [0.15, 0.2) is 24.3 Å². The number of likely N-dealkylation sites (tertiary alicyclic amines) is 1. The second-order valence-electron chi connectivity index (χ2n) is 5.64. The highest BCUT2D eigenvalue weighted by molar-refractivity contribution is 5.92. The van der Waals surface area contributed by atoms with Crippen LogP contribution in [0.5, 0.6) is 0 Å². The van der Waals surface area contributed by atoms with Gasteiger partial charge in [-0.1, -0.05) is 23.8 Å². The lowest BCUT2D eigenvalue weighted by Gasteiger charge is -2.30. The molecule has 0 aliphatic carbocycles. The quantitative estimate of drug-likeness (QED) is 0.860. The molecule has 3 heteroatoms. The number of hydrogen-bond donors (Lipinski definition) is 1. The standard InChI is InChI=1S/C17H23NO2/c1-13-3-4-16(14(2)11-13)5-6-17(20)18-9-7-15(12-19)8-10-18/h3-6,11,15,19H,7-10,12H2,1-2H3/b6-5+. The molecule has 1 heterocycles.